The zero-order valence-corrected chi connectivity index (χ0v) is 20.1. The minimum atomic E-state index is -1.03. The minimum Gasteiger partial charge on any atom is -0.423 e. The number of esters is 1. The first-order valence-electron chi connectivity index (χ1n) is 9.07. The van der Waals surface area contributed by atoms with Crippen LogP contribution in [0.15, 0.2) is 12.1 Å². The summed E-state index contributed by atoms with van der Waals surface area (Å²) in [6.07, 6.45) is 9.23. The van der Waals surface area contributed by atoms with Crippen LogP contribution in [0.1, 0.15) is 69.8 Å². The summed E-state index contributed by atoms with van der Waals surface area (Å²) in [5, 5.41) is 0. The summed E-state index contributed by atoms with van der Waals surface area (Å²) in [4.78, 5) is 12.2. The molecule has 0 saturated heterocycles. The van der Waals surface area contributed by atoms with Gasteiger partial charge >= 0.3 is 64.2 Å². The number of ether oxygens (including phenoxy) is 1. The van der Waals surface area contributed by atoms with E-state index in [9.17, 15) is 13.6 Å². The molecule has 132 valence electrons. The molecular weight excluding hydrogens is 396 g/mol. The number of hydrogen-bond donors (Lipinski definition) is 0. The fourth-order valence-corrected chi connectivity index (χ4v) is 3.87. The number of hydrogen-bond acceptors (Lipinski definition) is 2. The first-order chi connectivity index (χ1) is 11.6. The fraction of sp³-hybridized carbons (Fsp3) is 0.600. The van der Waals surface area contributed by atoms with Crippen molar-refractivity contribution in [2.24, 2.45) is 11.8 Å². The summed E-state index contributed by atoms with van der Waals surface area (Å²) in [6.45, 7) is 2.17. The first-order valence-corrected chi connectivity index (χ1v) is 9.07. The SMILES string of the molecule is CC1CCC(C(=O)Oc2ccc(C3CC[CH-]CC3)c(F)c2F)CC1.[Rb+]. The number of carbonyl (C=O) groups is 1. The van der Waals surface area contributed by atoms with Crippen molar-refractivity contribution in [3.8, 4) is 5.75 Å². The van der Waals surface area contributed by atoms with E-state index in [1.165, 1.54) is 6.07 Å². The summed E-state index contributed by atoms with van der Waals surface area (Å²) in [5.74, 6) is -2.12. The molecule has 1 aromatic rings. The Hall–Kier alpha value is 0.355. The number of rotatable bonds is 3. The summed E-state index contributed by atoms with van der Waals surface area (Å²) in [5.41, 5.74) is 0.409. The van der Waals surface area contributed by atoms with E-state index in [0.717, 1.165) is 51.4 Å². The largest absolute Gasteiger partial charge is 1.00 e. The zero-order valence-electron chi connectivity index (χ0n) is 15.2. The monoisotopic (exact) mass is 420 g/mol. The molecule has 5 heteroatoms. The van der Waals surface area contributed by atoms with Crippen molar-refractivity contribution in [3.63, 3.8) is 0 Å². The van der Waals surface area contributed by atoms with Crippen molar-refractivity contribution in [1.82, 2.24) is 0 Å². The second-order valence-electron chi connectivity index (χ2n) is 7.30. The molecule has 0 aromatic heterocycles. The minimum absolute atomic E-state index is 0. The Balaban J connectivity index is 0.00000225. The van der Waals surface area contributed by atoms with Crippen LogP contribution in [-0.2, 0) is 4.79 Å². The van der Waals surface area contributed by atoms with Crippen LogP contribution in [0.25, 0.3) is 0 Å². The normalized spacial score (nSPS) is 24.4. The Labute approximate surface area is 197 Å². The molecule has 0 aliphatic heterocycles. The van der Waals surface area contributed by atoms with E-state index < -0.39 is 17.6 Å². The fourth-order valence-electron chi connectivity index (χ4n) is 3.87. The predicted octanol–water partition coefficient (Wildman–Crippen LogP) is 2.56. The van der Waals surface area contributed by atoms with Gasteiger partial charge in [0.05, 0.1) is 5.92 Å². The molecule has 0 spiro atoms. The molecule has 2 fully saturated rings. The zero-order chi connectivity index (χ0) is 17.1. The Morgan fingerprint density at radius 2 is 1.68 bits per heavy atom. The van der Waals surface area contributed by atoms with Crippen LogP contribution in [0.5, 0.6) is 5.75 Å². The first kappa shape index (κ1) is 21.7. The van der Waals surface area contributed by atoms with E-state index in [4.69, 9.17) is 4.74 Å². The van der Waals surface area contributed by atoms with Gasteiger partial charge in [-0.15, -0.1) is 0 Å². The van der Waals surface area contributed by atoms with Crippen molar-refractivity contribution >= 4 is 5.97 Å². The predicted molar refractivity (Wildman–Crippen MR) is 88.6 cm³/mol. The average molecular weight is 421 g/mol. The Bertz CT molecular complexity index is 592. The van der Waals surface area contributed by atoms with Gasteiger partial charge in [-0.05, 0) is 49.1 Å². The third-order valence-corrected chi connectivity index (χ3v) is 5.51. The summed E-state index contributed by atoms with van der Waals surface area (Å²) in [7, 11) is 0. The van der Waals surface area contributed by atoms with E-state index in [2.05, 4.69) is 13.3 Å². The Kier molecular flexibility index (Phi) is 8.71. The van der Waals surface area contributed by atoms with Crippen LogP contribution in [0.2, 0.25) is 0 Å². The Morgan fingerprint density at radius 1 is 1.04 bits per heavy atom. The quantitative estimate of drug-likeness (QED) is 0.427. The van der Waals surface area contributed by atoms with Crippen LogP contribution in [-0.4, -0.2) is 5.97 Å². The molecular formula is C20H25F2O2Rb. The molecule has 0 unspecified atom stereocenters. The second kappa shape index (κ2) is 10.1. The van der Waals surface area contributed by atoms with Gasteiger partial charge in [0.15, 0.2) is 11.6 Å². The number of halogens is 2. The maximum atomic E-state index is 14.4. The molecule has 0 amide bonds. The topological polar surface area (TPSA) is 26.3 Å². The van der Waals surface area contributed by atoms with Crippen LogP contribution in [0.3, 0.4) is 0 Å². The van der Waals surface area contributed by atoms with Crippen molar-refractivity contribution < 1.29 is 76.5 Å². The second-order valence-corrected chi connectivity index (χ2v) is 7.30. The van der Waals surface area contributed by atoms with Crippen LogP contribution >= 0.6 is 0 Å². The molecule has 25 heavy (non-hydrogen) atoms. The molecule has 3 rings (SSSR count). The summed E-state index contributed by atoms with van der Waals surface area (Å²) >= 11 is 0. The van der Waals surface area contributed by atoms with Crippen LogP contribution in [0.4, 0.5) is 8.78 Å². The molecule has 0 heterocycles. The van der Waals surface area contributed by atoms with Crippen molar-refractivity contribution in [2.45, 2.75) is 64.2 Å². The summed E-state index contributed by atoms with van der Waals surface area (Å²) in [6, 6.07) is 3.00. The van der Waals surface area contributed by atoms with Gasteiger partial charge < -0.3 is 11.2 Å². The van der Waals surface area contributed by atoms with E-state index >= 15 is 0 Å². The van der Waals surface area contributed by atoms with Gasteiger partial charge in [-0.2, -0.15) is 17.2 Å². The number of carbonyl (C=O) groups excluding carboxylic acids is 1. The van der Waals surface area contributed by atoms with Gasteiger partial charge in [-0.1, -0.05) is 25.8 Å². The molecule has 1 aromatic carbocycles. The van der Waals surface area contributed by atoms with Gasteiger partial charge in [0, 0.05) is 0 Å². The van der Waals surface area contributed by atoms with Gasteiger partial charge in [-0.3, -0.25) is 4.79 Å². The molecule has 2 aliphatic rings. The van der Waals surface area contributed by atoms with E-state index in [0.29, 0.717) is 11.5 Å². The molecule has 0 atom stereocenters. The van der Waals surface area contributed by atoms with Gasteiger partial charge in [0.25, 0.3) is 0 Å². The van der Waals surface area contributed by atoms with E-state index in [-0.39, 0.29) is 75.8 Å². The van der Waals surface area contributed by atoms with E-state index in [1.54, 1.807) is 6.07 Å². The maximum absolute atomic E-state index is 14.4. The molecule has 2 saturated carbocycles. The third-order valence-electron chi connectivity index (χ3n) is 5.51. The standard InChI is InChI=1S/C20H25F2O2.Rb/c1-13-7-9-15(10-8-13)20(23)24-17-12-11-16(18(21)19(17)22)14-5-3-2-4-6-14;/h2,11-15H,3-10H2,1H3;/q-1;+1. The molecule has 2 aliphatic carbocycles. The molecule has 0 bridgehead atoms. The van der Waals surface area contributed by atoms with Crippen LogP contribution in [0, 0.1) is 29.9 Å². The van der Waals surface area contributed by atoms with E-state index in [1.807, 2.05) is 0 Å². The number of benzene rings is 1. The van der Waals surface area contributed by atoms with Gasteiger partial charge in [0.2, 0.25) is 5.82 Å². The smallest absolute Gasteiger partial charge is 0.423 e. The van der Waals surface area contributed by atoms with Gasteiger partial charge in [0.1, 0.15) is 0 Å². The van der Waals surface area contributed by atoms with Crippen molar-refractivity contribution in [2.75, 3.05) is 0 Å². The average Bonchev–Trinajstić information content (AvgIpc) is 2.60. The van der Waals surface area contributed by atoms with Gasteiger partial charge in [-0.25, -0.2) is 4.39 Å². The molecule has 0 radical (unpaired) electrons. The van der Waals surface area contributed by atoms with Crippen molar-refractivity contribution in [3.05, 3.63) is 35.8 Å². The molecule has 2 nitrogen and oxygen atoms in total. The van der Waals surface area contributed by atoms with Crippen molar-refractivity contribution in [1.29, 1.82) is 0 Å². The Morgan fingerprint density at radius 3 is 2.32 bits per heavy atom. The summed E-state index contributed by atoms with van der Waals surface area (Å²) < 4.78 is 33.9. The third kappa shape index (κ3) is 5.43. The molecule has 0 N–H and O–H groups in total. The maximum Gasteiger partial charge on any atom is 1.00 e. The van der Waals surface area contributed by atoms with Crippen LogP contribution < -0.4 is 62.9 Å².